The Morgan fingerprint density at radius 1 is 1.43 bits per heavy atom. The van der Waals surface area contributed by atoms with Gasteiger partial charge in [-0.3, -0.25) is 4.79 Å². The number of nitrogens with one attached hydrogen (secondary N) is 1. The van der Waals surface area contributed by atoms with E-state index in [-0.39, 0.29) is 0 Å². The number of hydrogen-bond donors (Lipinski definition) is 1. The van der Waals surface area contributed by atoms with Crippen molar-refractivity contribution in [2.45, 2.75) is 46.5 Å². The number of likely N-dealkylation sites (tertiary alicyclic amines) is 1. The number of para-hydroxylation sites is 1. The quantitative estimate of drug-likeness (QED) is 0.897. The highest BCUT2D eigenvalue weighted by Crippen LogP contribution is 2.21. The van der Waals surface area contributed by atoms with Gasteiger partial charge in [-0.25, -0.2) is 0 Å². The Balaban J connectivity index is 1.85. The molecule has 0 spiro atoms. The van der Waals surface area contributed by atoms with Crippen molar-refractivity contribution in [3.05, 3.63) is 29.3 Å². The van der Waals surface area contributed by atoms with Crippen LogP contribution in [0.15, 0.2) is 18.2 Å². The maximum absolute atomic E-state index is 12.3. The number of carbonyl (C=O) groups excluding carboxylic acids is 1. The average Bonchev–Trinajstić information content (AvgIpc) is 2.48. The van der Waals surface area contributed by atoms with Crippen LogP contribution in [0.1, 0.15) is 44.2 Å². The molecule has 1 unspecified atom stereocenters. The van der Waals surface area contributed by atoms with Gasteiger partial charge in [0.25, 0.3) is 0 Å². The van der Waals surface area contributed by atoms with E-state index in [2.05, 4.69) is 44.3 Å². The molecule has 1 aliphatic rings. The highest BCUT2D eigenvalue weighted by Gasteiger charge is 2.20. The third-order valence-electron chi connectivity index (χ3n) is 4.39. The number of rotatable bonds is 5. The number of aryl methyl sites for hydroxylation is 2. The number of piperidine rings is 1. The molecule has 1 fully saturated rings. The van der Waals surface area contributed by atoms with Gasteiger partial charge in [0.15, 0.2) is 0 Å². The van der Waals surface area contributed by atoms with E-state index in [1.54, 1.807) is 0 Å². The first kappa shape index (κ1) is 15.9. The number of benzene rings is 1. The first-order valence-corrected chi connectivity index (χ1v) is 8.22. The van der Waals surface area contributed by atoms with Crippen LogP contribution in [-0.2, 0) is 11.2 Å². The summed E-state index contributed by atoms with van der Waals surface area (Å²) in [5.74, 6) is 0.944. The van der Waals surface area contributed by atoms with Crippen LogP contribution in [0, 0.1) is 12.8 Å². The average molecular weight is 288 g/mol. The summed E-state index contributed by atoms with van der Waals surface area (Å²) in [5, 5.41) is 3.47. The van der Waals surface area contributed by atoms with Gasteiger partial charge in [0, 0.05) is 31.7 Å². The third-order valence-corrected chi connectivity index (χ3v) is 4.39. The molecule has 1 aliphatic heterocycles. The Kier molecular flexibility index (Phi) is 5.66. The van der Waals surface area contributed by atoms with Gasteiger partial charge < -0.3 is 10.2 Å². The van der Waals surface area contributed by atoms with Crippen LogP contribution >= 0.6 is 0 Å². The monoisotopic (exact) mass is 288 g/mol. The van der Waals surface area contributed by atoms with Crippen LogP contribution in [-0.4, -0.2) is 30.4 Å². The summed E-state index contributed by atoms with van der Waals surface area (Å²) in [6.45, 7) is 9.12. The molecule has 0 bridgehead atoms. The molecular formula is C18H28N2O. The molecule has 0 aromatic heterocycles. The summed E-state index contributed by atoms with van der Waals surface area (Å²) in [6, 6.07) is 6.37. The van der Waals surface area contributed by atoms with Crippen LogP contribution in [0.25, 0.3) is 0 Å². The number of anilines is 1. The van der Waals surface area contributed by atoms with Crippen LogP contribution in [0.4, 0.5) is 5.69 Å². The molecule has 2 rings (SSSR count). The second kappa shape index (κ2) is 7.48. The Labute approximate surface area is 128 Å². The molecule has 116 valence electrons. The van der Waals surface area contributed by atoms with Gasteiger partial charge in [-0.1, -0.05) is 32.0 Å². The number of carbonyl (C=O) groups is 1. The first-order chi connectivity index (χ1) is 10.1. The fraction of sp³-hybridized carbons (Fsp3) is 0.611. The zero-order valence-corrected chi connectivity index (χ0v) is 13.6. The fourth-order valence-corrected chi connectivity index (χ4v) is 3.14. The van der Waals surface area contributed by atoms with E-state index in [0.29, 0.717) is 18.2 Å². The van der Waals surface area contributed by atoms with Gasteiger partial charge in [0.05, 0.1) is 0 Å². The van der Waals surface area contributed by atoms with Crippen molar-refractivity contribution in [1.29, 1.82) is 0 Å². The van der Waals surface area contributed by atoms with Crippen molar-refractivity contribution in [1.82, 2.24) is 4.90 Å². The minimum atomic E-state index is 0.292. The van der Waals surface area contributed by atoms with Crippen molar-refractivity contribution in [2.75, 3.05) is 25.0 Å². The standard InChI is InChI=1S/C18H28N2O/c1-4-16-9-5-8-15(3)18(16)19-11-10-17(21)20-12-6-7-14(2)13-20/h5,8-9,14,19H,4,6-7,10-13H2,1-3H3. The van der Waals surface area contributed by atoms with E-state index >= 15 is 0 Å². The first-order valence-electron chi connectivity index (χ1n) is 8.22. The molecule has 1 aromatic carbocycles. The van der Waals surface area contributed by atoms with Gasteiger partial charge in [0.2, 0.25) is 5.91 Å². The number of hydrogen-bond acceptors (Lipinski definition) is 2. The summed E-state index contributed by atoms with van der Waals surface area (Å²) < 4.78 is 0. The lowest BCUT2D eigenvalue weighted by atomic mass is 10.00. The predicted octanol–water partition coefficient (Wildman–Crippen LogP) is 3.62. The van der Waals surface area contributed by atoms with Gasteiger partial charge in [-0.2, -0.15) is 0 Å². The highest BCUT2D eigenvalue weighted by molar-refractivity contribution is 5.77. The molecule has 1 N–H and O–H groups in total. The second-order valence-electron chi connectivity index (χ2n) is 6.23. The Bertz CT molecular complexity index is 484. The summed E-state index contributed by atoms with van der Waals surface area (Å²) in [4.78, 5) is 14.3. The molecule has 0 saturated carbocycles. The number of amides is 1. The van der Waals surface area contributed by atoms with E-state index in [4.69, 9.17) is 0 Å². The molecule has 1 amide bonds. The maximum atomic E-state index is 12.3. The van der Waals surface area contributed by atoms with Crippen molar-refractivity contribution < 1.29 is 4.79 Å². The molecule has 3 nitrogen and oxygen atoms in total. The van der Waals surface area contributed by atoms with E-state index in [1.165, 1.54) is 23.2 Å². The summed E-state index contributed by atoms with van der Waals surface area (Å²) in [5.41, 5.74) is 3.79. The maximum Gasteiger partial charge on any atom is 0.224 e. The SMILES string of the molecule is CCc1cccc(C)c1NCCC(=O)N1CCCC(C)C1. The molecule has 1 heterocycles. The molecule has 0 radical (unpaired) electrons. The molecule has 0 aliphatic carbocycles. The van der Waals surface area contributed by atoms with Crippen molar-refractivity contribution in [3.63, 3.8) is 0 Å². The van der Waals surface area contributed by atoms with Crippen molar-refractivity contribution >= 4 is 11.6 Å². The molecule has 1 atom stereocenters. The van der Waals surface area contributed by atoms with Gasteiger partial charge in [-0.05, 0) is 43.2 Å². The largest absolute Gasteiger partial charge is 0.384 e. The summed E-state index contributed by atoms with van der Waals surface area (Å²) in [6.07, 6.45) is 4.01. The minimum absolute atomic E-state index is 0.292. The fourth-order valence-electron chi connectivity index (χ4n) is 3.14. The Morgan fingerprint density at radius 2 is 2.24 bits per heavy atom. The zero-order valence-electron chi connectivity index (χ0n) is 13.6. The van der Waals surface area contributed by atoms with Crippen LogP contribution in [0.2, 0.25) is 0 Å². The van der Waals surface area contributed by atoms with Crippen LogP contribution in [0.3, 0.4) is 0 Å². The van der Waals surface area contributed by atoms with E-state index in [9.17, 15) is 4.79 Å². The third kappa shape index (κ3) is 4.23. The molecule has 3 heteroatoms. The Morgan fingerprint density at radius 3 is 2.95 bits per heavy atom. The van der Waals surface area contributed by atoms with Gasteiger partial charge >= 0.3 is 0 Å². The summed E-state index contributed by atoms with van der Waals surface area (Å²) in [7, 11) is 0. The number of nitrogens with zero attached hydrogens (tertiary/aromatic N) is 1. The lowest BCUT2D eigenvalue weighted by molar-refractivity contribution is -0.132. The van der Waals surface area contributed by atoms with Crippen LogP contribution in [0.5, 0.6) is 0 Å². The Hall–Kier alpha value is -1.51. The van der Waals surface area contributed by atoms with Gasteiger partial charge in [-0.15, -0.1) is 0 Å². The van der Waals surface area contributed by atoms with Crippen molar-refractivity contribution in [2.24, 2.45) is 5.92 Å². The van der Waals surface area contributed by atoms with Gasteiger partial charge in [0.1, 0.15) is 0 Å². The molecule has 1 aromatic rings. The molecular weight excluding hydrogens is 260 g/mol. The predicted molar refractivity (Wildman–Crippen MR) is 88.6 cm³/mol. The topological polar surface area (TPSA) is 32.3 Å². The molecule has 1 saturated heterocycles. The highest BCUT2D eigenvalue weighted by atomic mass is 16.2. The van der Waals surface area contributed by atoms with E-state index < -0.39 is 0 Å². The normalized spacial score (nSPS) is 18.6. The van der Waals surface area contributed by atoms with Crippen LogP contribution < -0.4 is 5.32 Å². The van der Waals surface area contributed by atoms with E-state index in [0.717, 1.165) is 32.5 Å². The lowest BCUT2D eigenvalue weighted by Gasteiger charge is -2.31. The lowest BCUT2D eigenvalue weighted by Crippen LogP contribution is -2.39. The molecule has 21 heavy (non-hydrogen) atoms. The second-order valence-corrected chi connectivity index (χ2v) is 6.23. The zero-order chi connectivity index (χ0) is 15.2. The smallest absolute Gasteiger partial charge is 0.224 e. The van der Waals surface area contributed by atoms with Crippen molar-refractivity contribution in [3.8, 4) is 0 Å². The summed E-state index contributed by atoms with van der Waals surface area (Å²) >= 11 is 0. The van der Waals surface area contributed by atoms with E-state index in [1.807, 2.05) is 4.90 Å². The minimum Gasteiger partial charge on any atom is -0.384 e.